The number of carbonyl (C=O) groups is 1. The topological polar surface area (TPSA) is 63.7 Å². The number of benzene rings is 1. The van der Waals surface area contributed by atoms with Crippen LogP contribution >= 0.6 is 22.9 Å². The summed E-state index contributed by atoms with van der Waals surface area (Å²) in [6.45, 7) is 2.89. The summed E-state index contributed by atoms with van der Waals surface area (Å²) in [5, 5.41) is 4.01. The molecular weight excluding hydrogens is 496 g/mol. The molecule has 0 radical (unpaired) electrons. The zero-order chi connectivity index (χ0) is 24.8. The van der Waals surface area contributed by atoms with E-state index in [4.69, 9.17) is 21.1 Å². The summed E-state index contributed by atoms with van der Waals surface area (Å²) in [6, 6.07) is 7.22. The van der Waals surface area contributed by atoms with E-state index < -0.39 is 12.5 Å². The molecule has 1 aromatic heterocycles. The molecule has 192 valence electrons. The smallest absolute Gasteiger partial charge is 0.278 e. The molecule has 2 heterocycles. The van der Waals surface area contributed by atoms with Gasteiger partial charge in [-0.05, 0) is 69.2 Å². The van der Waals surface area contributed by atoms with Gasteiger partial charge >= 0.3 is 0 Å². The molecule has 1 aliphatic heterocycles. The number of thiazole rings is 1. The number of rotatable bonds is 10. The Morgan fingerprint density at radius 1 is 1.29 bits per heavy atom. The fourth-order valence-electron chi connectivity index (χ4n) is 4.61. The van der Waals surface area contributed by atoms with E-state index in [0.29, 0.717) is 21.9 Å². The highest BCUT2D eigenvalue weighted by Crippen LogP contribution is 2.32. The van der Waals surface area contributed by atoms with Crippen LogP contribution in [0.5, 0.6) is 10.9 Å². The molecule has 6 nitrogen and oxygen atoms in total. The molecule has 2 aromatic rings. The molecule has 35 heavy (non-hydrogen) atoms. The minimum atomic E-state index is -2.86. The van der Waals surface area contributed by atoms with Crippen molar-refractivity contribution < 1.29 is 23.0 Å². The van der Waals surface area contributed by atoms with Crippen LogP contribution < -0.4 is 14.8 Å². The van der Waals surface area contributed by atoms with Crippen LogP contribution in [0.25, 0.3) is 0 Å². The van der Waals surface area contributed by atoms with Crippen molar-refractivity contribution >= 4 is 28.8 Å². The van der Waals surface area contributed by atoms with Crippen LogP contribution in [-0.4, -0.2) is 54.1 Å². The van der Waals surface area contributed by atoms with Gasteiger partial charge in [0.05, 0.1) is 5.69 Å². The first-order chi connectivity index (χ1) is 16.7. The van der Waals surface area contributed by atoms with E-state index in [-0.39, 0.29) is 18.6 Å². The summed E-state index contributed by atoms with van der Waals surface area (Å²) in [4.78, 5) is 20.2. The molecule has 0 unspecified atom stereocenters. The van der Waals surface area contributed by atoms with Crippen molar-refractivity contribution in [1.82, 2.24) is 15.2 Å². The predicted molar refractivity (Wildman–Crippen MR) is 133 cm³/mol. The average Bonchev–Trinajstić information content (AvgIpc) is 3.23. The minimum Gasteiger partial charge on any atom is -0.484 e. The molecule has 4 rings (SSSR count). The maximum absolute atomic E-state index is 13.0. The Kier molecular flexibility index (Phi) is 8.83. The monoisotopic (exact) mass is 527 g/mol. The number of ether oxygens (including phenoxy) is 2. The fraction of sp³-hybridized carbons (Fsp3) is 0.600. The SMILES string of the molecule is CC(F)(F)COc1nc2c(s1)CCN(CCC1CCC(NC(=O)COc3cccc(Cl)c3)CC1)C2. The molecule has 0 saturated heterocycles. The second-order valence-corrected chi connectivity index (χ2v) is 11.0. The van der Waals surface area contributed by atoms with Gasteiger partial charge in [0.2, 0.25) is 0 Å². The summed E-state index contributed by atoms with van der Waals surface area (Å²) in [6.07, 6.45) is 6.15. The van der Waals surface area contributed by atoms with E-state index in [2.05, 4.69) is 15.2 Å². The van der Waals surface area contributed by atoms with Crippen LogP contribution in [0.3, 0.4) is 0 Å². The molecule has 0 atom stereocenters. The van der Waals surface area contributed by atoms with Crippen LogP contribution in [0.15, 0.2) is 24.3 Å². The van der Waals surface area contributed by atoms with Gasteiger partial charge in [-0.15, -0.1) is 0 Å². The van der Waals surface area contributed by atoms with Gasteiger partial charge in [0.1, 0.15) is 5.75 Å². The molecular formula is C25H32ClF2N3O3S. The average molecular weight is 528 g/mol. The second kappa shape index (κ2) is 11.8. The lowest BCUT2D eigenvalue weighted by Crippen LogP contribution is -2.40. The largest absolute Gasteiger partial charge is 0.484 e. The van der Waals surface area contributed by atoms with Crippen LogP contribution in [0, 0.1) is 5.92 Å². The van der Waals surface area contributed by atoms with Crippen LogP contribution in [0.4, 0.5) is 8.78 Å². The number of alkyl halides is 2. The van der Waals surface area contributed by atoms with Gasteiger partial charge in [-0.2, -0.15) is 0 Å². The molecule has 1 aromatic carbocycles. The lowest BCUT2D eigenvalue weighted by Gasteiger charge is -2.32. The molecule has 1 aliphatic carbocycles. The van der Waals surface area contributed by atoms with Gasteiger partial charge in [-0.25, -0.2) is 13.8 Å². The Morgan fingerprint density at radius 2 is 2.09 bits per heavy atom. The fourth-order valence-corrected chi connectivity index (χ4v) is 5.69. The third kappa shape index (κ3) is 8.29. The quantitative estimate of drug-likeness (QED) is 0.452. The number of aromatic nitrogens is 1. The number of hydrogen-bond acceptors (Lipinski definition) is 6. The molecule has 1 N–H and O–H groups in total. The van der Waals surface area contributed by atoms with E-state index in [1.807, 2.05) is 0 Å². The number of amides is 1. The summed E-state index contributed by atoms with van der Waals surface area (Å²) in [5.41, 5.74) is 0.960. The third-order valence-corrected chi connectivity index (χ3v) is 7.77. The van der Waals surface area contributed by atoms with E-state index in [1.54, 1.807) is 24.3 Å². The Hall–Kier alpha value is -1.97. The van der Waals surface area contributed by atoms with E-state index in [1.165, 1.54) is 11.3 Å². The van der Waals surface area contributed by atoms with Gasteiger partial charge in [0, 0.05) is 36.0 Å². The molecule has 0 bridgehead atoms. The zero-order valence-corrected chi connectivity index (χ0v) is 21.5. The lowest BCUT2D eigenvalue weighted by molar-refractivity contribution is -0.124. The molecule has 1 saturated carbocycles. The molecule has 10 heteroatoms. The standard InChI is InChI=1S/C25H32ClF2N3O3S/c1-25(27,28)16-34-24-30-21-14-31(12-10-22(21)35-24)11-9-17-5-7-19(8-6-17)29-23(32)15-33-20-4-2-3-18(26)13-20/h2-4,13,17,19H,5-12,14-16H2,1H3,(H,29,32). The number of nitrogens with zero attached hydrogens (tertiary/aromatic N) is 2. The number of nitrogens with one attached hydrogen (secondary N) is 1. The maximum atomic E-state index is 13.0. The summed E-state index contributed by atoms with van der Waals surface area (Å²) in [7, 11) is 0. The summed E-state index contributed by atoms with van der Waals surface area (Å²) >= 11 is 7.33. The van der Waals surface area contributed by atoms with Crippen LogP contribution in [0.2, 0.25) is 5.02 Å². The number of hydrogen-bond donors (Lipinski definition) is 1. The Morgan fingerprint density at radius 3 is 2.83 bits per heavy atom. The molecule has 2 aliphatic rings. The first kappa shape index (κ1) is 26.1. The number of carbonyl (C=O) groups excluding carboxylic acids is 1. The third-order valence-electron chi connectivity index (χ3n) is 6.47. The molecule has 1 amide bonds. The highest BCUT2D eigenvalue weighted by Gasteiger charge is 2.27. The van der Waals surface area contributed by atoms with Crippen molar-refractivity contribution in [2.75, 3.05) is 26.3 Å². The first-order valence-corrected chi connectivity index (χ1v) is 13.3. The van der Waals surface area contributed by atoms with E-state index in [9.17, 15) is 13.6 Å². The lowest BCUT2D eigenvalue weighted by atomic mass is 9.84. The minimum absolute atomic E-state index is 0.0124. The molecule has 0 spiro atoms. The van der Waals surface area contributed by atoms with Gasteiger partial charge in [0.15, 0.2) is 13.2 Å². The van der Waals surface area contributed by atoms with Crippen LogP contribution in [0.1, 0.15) is 49.6 Å². The zero-order valence-electron chi connectivity index (χ0n) is 19.9. The highest BCUT2D eigenvalue weighted by atomic mass is 35.5. The Balaban J connectivity index is 1.13. The van der Waals surface area contributed by atoms with Gasteiger partial charge in [-0.3, -0.25) is 9.69 Å². The van der Waals surface area contributed by atoms with Crippen molar-refractivity contribution in [3.63, 3.8) is 0 Å². The predicted octanol–water partition coefficient (Wildman–Crippen LogP) is 5.33. The Labute approximate surface area is 214 Å². The van der Waals surface area contributed by atoms with Crippen molar-refractivity contribution in [2.45, 2.75) is 64.0 Å². The van der Waals surface area contributed by atoms with Crippen molar-refractivity contribution in [3.8, 4) is 10.9 Å². The number of fused-ring (bicyclic) bond motifs is 1. The van der Waals surface area contributed by atoms with Crippen molar-refractivity contribution in [2.24, 2.45) is 5.92 Å². The van der Waals surface area contributed by atoms with E-state index >= 15 is 0 Å². The number of halogens is 3. The van der Waals surface area contributed by atoms with Crippen molar-refractivity contribution in [1.29, 1.82) is 0 Å². The van der Waals surface area contributed by atoms with Gasteiger partial charge in [0.25, 0.3) is 17.0 Å². The molecule has 1 fully saturated rings. The first-order valence-electron chi connectivity index (χ1n) is 12.1. The van der Waals surface area contributed by atoms with Crippen molar-refractivity contribution in [3.05, 3.63) is 39.9 Å². The van der Waals surface area contributed by atoms with E-state index in [0.717, 1.165) is 75.7 Å². The summed E-state index contributed by atoms with van der Waals surface area (Å²) in [5.74, 6) is -1.73. The summed E-state index contributed by atoms with van der Waals surface area (Å²) < 4.78 is 36.8. The van der Waals surface area contributed by atoms with Gasteiger partial charge in [-0.1, -0.05) is 29.0 Å². The highest BCUT2D eigenvalue weighted by molar-refractivity contribution is 7.13. The normalized spacial score (nSPS) is 20.8. The van der Waals surface area contributed by atoms with Crippen LogP contribution in [-0.2, 0) is 17.8 Å². The maximum Gasteiger partial charge on any atom is 0.278 e. The second-order valence-electron chi connectivity index (χ2n) is 9.55. The Bertz CT molecular complexity index is 993. The van der Waals surface area contributed by atoms with Gasteiger partial charge < -0.3 is 14.8 Å².